The number of ketones is 1. The van der Waals surface area contributed by atoms with Gasteiger partial charge < -0.3 is 14.9 Å². The highest BCUT2D eigenvalue weighted by molar-refractivity contribution is 14.1. The summed E-state index contributed by atoms with van der Waals surface area (Å²) < 4.78 is 6.68. The van der Waals surface area contributed by atoms with E-state index in [1.54, 1.807) is 6.92 Å². The van der Waals surface area contributed by atoms with Gasteiger partial charge in [-0.05, 0) is 79.8 Å². The summed E-state index contributed by atoms with van der Waals surface area (Å²) >= 11 is 2.21. The second-order valence-electron chi connectivity index (χ2n) is 6.65. The summed E-state index contributed by atoms with van der Waals surface area (Å²) in [6, 6.07) is 7.67. The van der Waals surface area contributed by atoms with Crippen LogP contribution in [0.1, 0.15) is 51.9 Å². The molecule has 27 heavy (non-hydrogen) atoms. The van der Waals surface area contributed by atoms with Gasteiger partial charge in [-0.15, -0.1) is 0 Å². The van der Waals surface area contributed by atoms with Gasteiger partial charge in [-0.2, -0.15) is 0 Å². The Bertz CT molecular complexity index is 614. The van der Waals surface area contributed by atoms with Crippen LogP contribution in [0.25, 0.3) is 0 Å². The van der Waals surface area contributed by atoms with E-state index in [4.69, 9.17) is 9.84 Å². The third-order valence-electron chi connectivity index (χ3n) is 4.25. The number of aliphatic hydroxyl groups is 1. The molecule has 150 valence electrons. The molecule has 0 amide bonds. The molecule has 0 saturated heterocycles. The average molecular weight is 488 g/mol. The smallest absolute Gasteiger partial charge is 0.303 e. The van der Waals surface area contributed by atoms with Gasteiger partial charge in [0, 0.05) is 15.9 Å². The topological polar surface area (TPSA) is 83.8 Å². The van der Waals surface area contributed by atoms with Crippen LogP contribution in [0, 0.1) is 9.49 Å². The molecule has 2 unspecified atom stereocenters. The van der Waals surface area contributed by atoms with E-state index in [2.05, 4.69) is 22.6 Å². The van der Waals surface area contributed by atoms with Gasteiger partial charge in [-0.25, -0.2) is 0 Å². The molecule has 0 heterocycles. The van der Waals surface area contributed by atoms with Crippen LogP contribution < -0.4 is 4.74 Å². The number of allylic oxidation sites excluding steroid dienone is 2. The number of aliphatic carboxylic acids is 1. The molecule has 1 rings (SSSR count). The van der Waals surface area contributed by atoms with Crippen molar-refractivity contribution in [3.8, 4) is 5.75 Å². The van der Waals surface area contributed by atoms with E-state index in [1.807, 2.05) is 36.4 Å². The minimum absolute atomic E-state index is 0.0513. The Morgan fingerprint density at radius 1 is 1.22 bits per heavy atom. The first-order chi connectivity index (χ1) is 12.9. The van der Waals surface area contributed by atoms with Crippen molar-refractivity contribution >= 4 is 34.3 Å². The Kier molecular flexibility index (Phi) is 12.0. The predicted octanol–water partition coefficient (Wildman–Crippen LogP) is 4.61. The zero-order valence-electron chi connectivity index (χ0n) is 15.8. The number of rotatable bonds is 14. The summed E-state index contributed by atoms with van der Waals surface area (Å²) in [6.07, 6.45) is 7.60. The van der Waals surface area contributed by atoms with Gasteiger partial charge in [0.1, 0.15) is 18.1 Å². The van der Waals surface area contributed by atoms with Gasteiger partial charge in [0.05, 0.1) is 6.10 Å². The molecule has 0 spiro atoms. The van der Waals surface area contributed by atoms with Crippen LogP contribution in [-0.2, 0) is 9.59 Å². The fourth-order valence-electron chi connectivity index (χ4n) is 2.67. The van der Waals surface area contributed by atoms with Gasteiger partial charge in [-0.3, -0.25) is 9.59 Å². The Balaban J connectivity index is 2.24. The summed E-state index contributed by atoms with van der Waals surface area (Å²) in [5.74, 6) is 0.0597. The van der Waals surface area contributed by atoms with Crippen molar-refractivity contribution in [3.05, 3.63) is 40.0 Å². The van der Waals surface area contributed by atoms with Crippen molar-refractivity contribution < 1.29 is 24.5 Å². The number of carbonyl (C=O) groups is 2. The van der Waals surface area contributed by atoms with Crippen LogP contribution in [0.15, 0.2) is 36.4 Å². The summed E-state index contributed by atoms with van der Waals surface area (Å²) in [7, 11) is 0. The van der Waals surface area contributed by atoms with Gasteiger partial charge in [0.2, 0.25) is 0 Å². The Hall–Kier alpha value is -1.41. The Morgan fingerprint density at radius 2 is 2.00 bits per heavy atom. The third-order valence-corrected chi connectivity index (χ3v) is 4.92. The number of Topliss-reactive ketones (excluding diaryl/α,β-unsaturated/α-hetero) is 1. The highest BCUT2D eigenvalue weighted by Crippen LogP contribution is 2.18. The zero-order valence-corrected chi connectivity index (χ0v) is 17.9. The summed E-state index contributed by atoms with van der Waals surface area (Å²) in [6.45, 7) is 1.84. The maximum absolute atomic E-state index is 11.8. The van der Waals surface area contributed by atoms with E-state index in [0.29, 0.717) is 25.7 Å². The van der Waals surface area contributed by atoms with E-state index in [1.165, 1.54) is 0 Å². The summed E-state index contributed by atoms with van der Waals surface area (Å²) in [4.78, 5) is 22.2. The van der Waals surface area contributed by atoms with E-state index in [9.17, 15) is 14.7 Å². The normalized spacial score (nSPS) is 13.4. The quantitative estimate of drug-likeness (QED) is 0.227. The van der Waals surface area contributed by atoms with Crippen molar-refractivity contribution in [2.24, 2.45) is 5.92 Å². The first-order valence-corrected chi connectivity index (χ1v) is 10.4. The molecule has 1 aromatic carbocycles. The molecular weight excluding hydrogens is 459 g/mol. The van der Waals surface area contributed by atoms with Crippen molar-refractivity contribution in [3.63, 3.8) is 0 Å². The molecule has 0 fully saturated rings. The van der Waals surface area contributed by atoms with Gasteiger partial charge >= 0.3 is 5.97 Å². The van der Waals surface area contributed by atoms with Crippen LogP contribution in [-0.4, -0.2) is 34.7 Å². The predicted molar refractivity (Wildman–Crippen MR) is 114 cm³/mol. The fraction of sp³-hybridized carbons (Fsp3) is 0.524. The Labute approximate surface area is 175 Å². The number of unbranched alkanes of at least 4 members (excludes halogenated alkanes) is 1. The molecule has 2 N–H and O–H groups in total. The van der Waals surface area contributed by atoms with Gasteiger partial charge in [-0.1, -0.05) is 24.6 Å². The third kappa shape index (κ3) is 11.8. The van der Waals surface area contributed by atoms with Crippen LogP contribution in [0.3, 0.4) is 0 Å². The second kappa shape index (κ2) is 13.7. The largest absolute Gasteiger partial charge is 0.491 e. The van der Waals surface area contributed by atoms with Gasteiger partial charge in [0.25, 0.3) is 0 Å². The number of carbonyl (C=O) groups excluding carboxylic acids is 1. The fourth-order valence-corrected chi connectivity index (χ4v) is 3.18. The Morgan fingerprint density at radius 3 is 2.67 bits per heavy atom. The monoisotopic (exact) mass is 488 g/mol. The molecule has 0 bridgehead atoms. The minimum atomic E-state index is -0.783. The number of benzene rings is 1. The van der Waals surface area contributed by atoms with Crippen LogP contribution in [0.4, 0.5) is 0 Å². The van der Waals surface area contributed by atoms with Crippen molar-refractivity contribution in [1.82, 2.24) is 0 Å². The molecule has 2 atom stereocenters. The zero-order chi connectivity index (χ0) is 20.1. The first kappa shape index (κ1) is 23.6. The van der Waals surface area contributed by atoms with E-state index >= 15 is 0 Å². The van der Waals surface area contributed by atoms with Crippen molar-refractivity contribution in [2.75, 3.05) is 6.61 Å². The lowest BCUT2D eigenvalue weighted by atomic mass is 9.93. The number of halogens is 1. The van der Waals surface area contributed by atoms with E-state index in [-0.39, 0.29) is 24.7 Å². The highest BCUT2D eigenvalue weighted by atomic mass is 127. The van der Waals surface area contributed by atoms with Gasteiger partial charge in [0.15, 0.2) is 0 Å². The molecule has 5 nitrogen and oxygen atoms in total. The number of hydrogen-bond donors (Lipinski definition) is 2. The maximum atomic E-state index is 11.8. The molecule has 0 aliphatic heterocycles. The van der Waals surface area contributed by atoms with Crippen molar-refractivity contribution in [2.45, 2.75) is 58.0 Å². The maximum Gasteiger partial charge on any atom is 0.303 e. The lowest BCUT2D eigenvalue weighted by Gasteiger charge is -2.15. The second-order valence-corrected chi connectivity index (χ2v) is 7.90. The number of carboxylic acid groups (broad SMARTS) is 1. The first-order valence-electron chi connectivity index (χ1n) is 9.32. The van der Waals surface area contributed by atoms with E-state index < -0.39 is 12.1 Å². The number of ether oxygens (including phenoxy) is 1. The summed E-state index contributed by atoms with van der Waals surface area (Å²) in [5, 5.41) is 18.7. The minimum Gasteiger partial charge on any atom is -0.491 e. The standard InChI is InChI=1S/C21H29IO5/c1-16(23)17(8-4-2-3-5-13-21(25)26)9-6-11-19(24)15-27-20-12-7-10-18(22)14-20/h2,4,7,10,12,14,17,19,24H,3,5-6,8-9,11,13,15H2,1H3,(H,25,26). The van der Waals surface area contributed by atoms with Crippen LogP contribution >= 0.6 is 22.6 Å². The number of hydrogen-bond acceptors (Lipinski definition) is 4. The molecule has 0 aliphatic carbocycles. The average Bonchev–Trinajstić information content (AvgIpc) is 2.60. The molecule has 0 radical (unpaired) electrons. The highest BCUT2D eigenvalue weighted by Gasteiger charge is 2.14. The lowest BCUT2D eigenvalue weighted by Crippen LogP contribution is -2.18. The molecular formula is C21H29IO5. The SMILES string of the molecule is CC(=O)C(CC=CCCCC(=O)O)CCCC(O)COc1cccc(I)c1. The molecule has 0 aliphatic rings. The molecule has 0 saturated carbocycles. The van der Waals surface area contributed by atoms with E-state index in [0.717, 1.165) is 22.2 Å². The molecule has 6 heteroatoms. The molecule has 0 aromatic heterocycles. The van der Waals surface area contributed by atoms with Crippen LogP contribution in [0.2, 0.25) is 0 Å². The lowest BCUT2D eigenvalue weighted by molar-refractivity contribution is -0.137. The summed E-state index contributed by atoms with van der Waals surface area (Å²) in [5.41, 5.74) is 0. The molecule has 1 aromatic rings. The number of carboxylic acids is 1. The van der Waals surface area contributed by atoms with Crippen LogP contribution in [0.5, 0.6) is 5.75 Å². The van der Waals surface area contributed by atoms with Crippen molar-refractivity contribution in [1.29, 1.82) is 0 Å². The number of aliphatic hydroxyl groups excluding tert-OH is 1.